The third-order valence-electron chi connectivity index (χ3n) is 3.61. The normalized spacial score (nSPS) is 24.7. The van der Waals surface area contributed by atoms with Gasteiger partial charge in [-0.05, 0) is 23.8 Å². The smallest absolute Gasteiger partial charge is 0.257 e. The molecule has 1 aliphatic rings. The van der Waals surface area contributed by atoms with Crippen molar-refractivity contribution in [1.29, 1.82) is 0 Å². The van der Waals surface area contributed by atoms with E-state index in [-0.39, 0.29) is 0 Å². The number of aromatic nitrogens is 2. The first-order chi connectivity index (χ1) is 9.22. The van der Waals surface area contributed by atoms with Gasteiger partial charge in [0.25, 0.3) is 5.89 Å². The molecule has 2 aromatic heterocycles. The molecule has 0 radical (unpaired) electrons. The Labute approximate surface area is 116 Å². The largest absolute Gasteiger partial charge is 0.419 e. The van der Waals surface area contributed by atoms with Gasteiger partial charge in [0, 0.05) is 19.1 Å². The summed E-state index contributed by atoms with van der Waals surface area (Å²) in [4.78, 5) is 3.35. The summed E-state index contributed by atoms with van der Waals surface area (Å²) in [5.41, 5.74) is 6.03. The first-order valence-corrected chi connectivity index (χ1v) is 7.44. The molecule has 6 heteroatoms. The van der Waals surface area contributed by atoms with Gasteiger partial charge in [-0.2, -0.15) is 0 Å². The van der Waals surface area contributed by atoms with Crippen molar-refractivity contribution in [2.24, 2.45) is 11.7 Å². The van der Waals surface area contributed by atoms with Crippen LogP contribution in [-0.2, 0) is 6.54 Å². The topological polar surface area (TPSA) is 68.2 Å². The highest BCUT2D eigenvalue weighted by Gasteiger charge is 2.24. The minimum atomic E-state index is 0.320. The molecule has 2 unspecified atom stereocenters. The van der Waals surface area contributed by atoms with Gasteiger partial charge in [0.2, 0.25) is 5.89 Å². The van der Waals surface area contributed by atoms with Crippen LogP contribution in [0.1, 0.15) is 19.2 Å². The zero-order valence-corrected chi connectivity index (χ0v) is 11.8. The van der Waals surface area contributed by atoms with Crippen molar-refractivity contribution in [2.45, 2.75) is 25.9 Å². The third-order valence-corrected chi connectivity index (χ3v) is 4.47. The molecule has 0 aliphatic carbocycles. The Bertz CT molecular complexity index is 524. The number of piperidine rings is 1. The van der Waals surface area contributed by atoms with E-state index in [1.807, 2.05) is 17.5 Å². The minimum Gasteiger partial charge on any atom is -0.419 e. The number of hydrogen-bond acceptors (Lipinski definition) is 6. The van der Waals surface area contributed by atoms with Crippen LogP contribution in [0.25, 0.3) is 10.8 Å². The predicted molar refractivity (Wildman–Crippen MR) is 74.6 cm³/mol. The van der Waals surface area contributed by atoms with Crippen molar-refractivity contribution < 1.29 is 4.42 Å². The molecule has 1 saturated heterocycles. The van der Waals surface area contributed by atoms with Crippen LogP contribution in [0, 0.1) is 5.92 Å². The Morgan fingerprint density at radius 1 is 1.53 bits per heavy atom. The summed E-state index contributed by atoms with van der Waals surface area (Å²) in [5.74, 6) is 1.83. The quantitative estimate of drug-likeness (QED) is 0.929. The van der Waals surface area contributed by atoms with Crippen LogP contribution >= 0.6 is 11.3 Å². The number of hydrogen-bond donors (Lipinski definition) is 1. The Kier molecular flexibility index (Phi) is 3.63. The molecule has 2 N–H and O–H groups in total. The Morgan fingerprint density at radius 2 is 2.42 bits per heavy atom. The highest BCUT2D eigenvalue weighted by molar-refractivity contribution is 7.13. The highest BCUT2D eigenvalue weighted by Crippen LogP contribution is 2.24. The van der Waals surface area contributed by atoms with Crippen molar-refractivity contribution in [3.05, 3.63) is 23.4 Å². The summed E-state index contributed by atoms with van der Waals surface area (Å²) < 4.78 is 5.71. The van der Waals surface area contributed by atoms with Crippen molar-refractivity contribution in [2.75, 3.05) is 13.1 Å². The van der Waals surface area contributed by atoms with Crippen molar-refractivity contribution in [1.82, 2.24) is 15.1 Å². The molecule has 1 aliphatic heterocycles. The van der Waals surface area contributed by atoms with Gasteiger partial charge in [-0.3, -0.25) is 4.90 Å². The van der Waals surface area contributed by atoms with E-state index in [2.05, 4.69) is 22.0 Å². The summed E-state index contributed by atoms with van der Waals surface area (Å²) in [7, 11) is 0. The van der Waals surface area contributed by atoms with E-state index in [9.17, 15) is 0 Å². The summed E-state index contributed by atoms with van der Waals surface area (Å²) >= 11 is 1.61. The van der Waals surface area contributed by atoms with Crippen LogP contribution in [-0.4, -0.2) is 34.2 Å². The summed E-state index contributed by atoms with van der Waals surface area (Å²) in [6, 6.07) is 4.29. The summed E-state index contributed by atoms with van der Waals surface area (Å²) in [6.45, 7) is 4.91. The first kappa shape index (κ1) is 12.8. The molecule has 0 bridgehead atoms. The second kappa shape index (κ2) is 5.40. The van der Waals surface area contributed by atoms with Gasteiger partial charge < -0.3 is 10.2 Å². The summed E-state index contributed by atoms with van der Waals surface area (Å²) in [6.07, 6.45) is 1.03. The molecular formula is C13H18N4OS. The minimum absolute atomic E-state index is 0.320. The molecular weight excluding hydrogens is 260 g/mol. The molecule has 0 saturated carbocycles. The van der Waals surface area contributed by atoms with Crippen molar-refractivity contribution >= 4 is 11.3 Å². The third kappa shape index (κ3) is 2.86. The van der Waals surface area contributed by atoms with Gasteiger partial charge in [0.15, 0.2) is 0 Å². The van der Waals surface area contributed by atoms with E-state index in [4.69, 9.17) is 10.2 Å². The van der Waals surface area contributed by atoms with E-state index in [1.165, 1.54) is 0 Å². The lowest BCUT2D eigenvalue weighted by atomic mass is 9.95. The fourth-order valence-electron chi connectivity index (χ4n) is 2.40. The molecule has 5 nitrogen and oxygen atoms in total. The van der Waals surface area contributed by atoms with Crippen LogP contribution in [0.5, 0.6) is 0 Å². The first-order valence-electron chi connectivity index (χ1n) is 6.56. The molecule has 19 heavy (non-hydrogen) atoms. The fourth-order valence-corrected chi connectivity index (χ4v) is 3.05. The zero-order chi connectivity index (χ0) is 13.2. The van der Waals surface area contributed by atoms with Crippen LogP contribution in [0.3, 0.4) is 0 Å². The number of nitrogens with two attached hydrogens (primary N) is 1. The molecule has 0 spiro atoms. The molecule has 1 fully saturated rings. The molecule has 2 atom stereocenters. The van der Waals surface area contributed by atoms with Crippen LogP contribution < -0.4 is 5.73 Å². The van der Waals surface area contributed by atoms with E-state index >= 15 is 0 Å². The standard InChI is InChI=1S/C13H18N4OS/c1-9-7-17(5-4-10(9)14)8-12-15-16-13(18-12)11-3-2-6-19-11/h2-3,6,9-10H,4-5,7-8,14H2,1H3. The zero-order valence-electron chi connectivity index (χ0n) is 11.0. The predicted octanol–water partition coefficient (Wildman–Crippen LogP) is 1.97. The highest BCUT2D eigenvalue weighted by atomic mass is 32.1. The van der Waals surface area contributed by atoms with Gasteiger partial charge in [-0.25, -0.2) is 0 Å². The van der Waals surface area contributed by atoms with Gasteiger partial charge >= 0.3 is 0 Å². The van der Waals surface area contributed by atoms with Crippen LogP contribution in [0.2, 0.25) is 0 Å². The van der Waals surface area contributed by atoms with Crippen LogP contribution in [0.4, 0.5) is 0 Å². The maximum Gasteiger partial charge on any atom is 0.257 e. The summed E-state index contributed by atoms with van der Waals surface area (Å²) in [5, 5.41) is 10.2. The maximum absolute atomic E-state index is 6.03. The molecule has 0 aromatic carbocycles. The maximum atomic E-state index is 6.03. The van der Waals surface area contributed by atoms with Crippen molar-refractivity contribution in [3.8, 4) is 10.8 Å². The Balaban J connectivity index is 1.64. The average Bonchev–Trinajstić information content (AvgIpc) is 3.04. The van der Waals surface area contributed by atoms with Gasteiger partial charge in [-0.1, -0.05) is 13.0 Å². The van der Waals surface area contributed by atoms with E-state index in [0.29, 0.717) is 23.7 Å². The van der Waals surface area contributed by atoms with Crippen LogP contribution in [0.15, 0.2) is 21.9 Å². The lowest BCUT2D eigenvalue weighted by molar-refractivity contribution is 0.146. The molecule has 0 amide bonds. The van der Waals surface area contributed by atoms with E-state index in [0.717, 1.165) is 30.9 Å². The molecule has 3 heterocycles. The van der Waals surface area contributed by atoms with E-state index in [1.54, 1.807) is 11.3 Å². The lowest BCUT2D eigenvalue weighted by Gasteiger charge is -2.34. The number of likely N-dealkylation sites (tertiary alicyclic amines) is 1. The van der Waals surface area contributed by atoms with Gasteiger partial charge in [-0.15, -0.1) is 21.5 Å². The monoisotopic (exact) mass is 278 g/mol. The number of nitrogens with zero attached hydrogens (tertiary/aromatic N) is 3. The SMILES string of the molecule is CC1CN(Cc2nnc(-c3cccs3)o2)CCC1N. The molecule has 102 valence electrons. The Morgan fingerprint density at radius 3 is 3.16 bits per heavy atom. The number of rotatable bonds is 3. The van der Waals surface area contributed by atoms with Gasteiger partial charge in [0.05, 0.1) is 11.4 Å². The second-order valence-electron chi connectivity index (χ2n) is 5.14. The van der Waals surface area contributed by atoms with Gasteiger partial charge in [0.1, 0.15) is 0 Å². The molecule has 2 aromatic rings. The van der Waals surface area contributed by atoms with E-state index < -0.39 is 0 Å². The molecule has 3 rings (SSSR count). The fraction of sp³-hybridized carbons (Fsp3) is 0.538. The Hall–Kier alpha value is -1.24. The van der Waals surface area contributed by atoms with Crippen molar-refractivity contribution in [3.63, 3.8) is 0 Å². The second-order valence-corrected chi connectivity index (χ2v) is 6.09. The number of thiophene rings is 1. The average molecular weight is 278 g/mol. The lowest BCUT2D eigenvalue weighted by Crippen LogP contribution is -2.45.